The first-order chi connectivity index (χ1) is 7.95. The average Bonchev–Trinajstić information content (AvgIpc) is 2.37. The maximum atomic E-state index is 3.99. The summed E-state index contributed by atoms with van der Waals surface area (Å²) in [6, 6.07) is 0. The van der Waals surface area contributed by atoms with Gasteiger partial charge in [-0.25, -0.2) is 9.97 Å². The van der Waals surface area contributed by atoms with Crippen molar-refractivity contribution < 1.29 is 0 Å². The Balaban J connectivity index is 1.58. The summed E-state index contributed by atoms with van der Waals surface area (Å²) in [5.74, 6) is 2.57. The predicted octanol–water partition coefficient (Wildman–Crippen LogP) is 0.615. The van der Waals surface area contributed by atoms with Crippen LogP contribution in [0.5, 0.6) is 0 Å². The normalized spacial score (nSPS) is 17.5. The van der Waals surface area contributed by atoms with Crippen molar-refractivity contribution >= 4 is 11.8 Å². The summed E-state index contributed by atoms with van der Waals surface area (Å²) in [7, 11) is 0. The lowest BCUT2D eigenvalue weighted by molar-refractivity contribution is 0.301. The standard InChI is InChI=1S/C11H18N4S/c1(2-15-3-5-16-6-4-15)12-7-11-8-13-10-14-9-11/h8-10,12H,1-7H2. The van der Waals surface area contributed by atoms with Crippen LogP contribution in [0.15, 0.2) is 18.7 Å². The highest BCUT2D eigenvalue weighted by molar-refractivity contribution is 7.99. The van der Waals surface area contributed by atoms with E-state index in [9.17, 15) is 0 Å². The molecule has 0 bridgehead atoms. The van der Waals surface area contributed by atoms with Crippen molar-refractivity contribution in [1.29, 1.82) is 0 Å². The van der Waals surface area contributed by atoms with Gasteiger partial charge in [0.1, 0.15) is 6.33 Å². The van der Waals surface area contributed by atoms with Crippen LogP contribution in [-0.4, -0.2) is 52.6 Å². The predicted molar refractivity (Wildman–Crippen MR) is 67.5 cm³/mol. The molecule has 0 radical (unpaired) electrons. The van der Waals surface area contributed by atoms with Gasteiger partial charge in [-0.05, 0) is 0 Å². The molecule has 0 saturated carbocycles. The van der Waals surface area contributed by atoms with Gasteiger partial charge in [0.2, 0.25) is 0 Å². The van der Waals surface area contributed by atoms with Crippen molar-refractivity contribution in [1.82, 2.24) is 20.2 Å². The minimum Gasteiger partial charge on any atom is -0.311 e. The van der Waals surface area contributed by atoms with Gasteiger partial charge in [0.05, 0.1) is 0 Å². The molecule has 4 nitrogen and oxygen atoms in total. The van der Waals surface area contributed by atoms with Crippen LogP contribution in [0.2, 0.25) is 0 Å². The van der Waals surface area contributed by atoms with Gasteiger partial charge in [-0.1, -0.05) is 0 Å². The molecule has 1 N–H and O–H groups in total. The summed E-state index contributed by atoms with van der Waals surface area (Å²) in [4.78, 5) is 10.5. The van der Waals surface area contributed by atoms with Crippen molar-refractivity contribution in [2.75, 3.05) is 37.7 Å². The first-order valence-corrected chi connectivity index (χ1v) is 6.85. The van der Waals surface area contributed by atoms with Crippen LogP contribution in [0.4, 0.5) is 0 Å². The largest absolute Gasteiger partial charge is 0.311 e. The lowest BCUT2D eigenvalue weighted by Crippen LogP contribution is -2.37. The van der Waals surface area contributed by atoms with Gasteiger partial charge in [0.25, 0.3) is 0 Å². The van der Waals surface area contributed by atoms with E-state index in [0.29, 0.717) is 0 Å². The van der Waals surface area contributed by atoms with Gasteiger partial charge in [-0.2, -0.15) is 11.8 Å². The highest BCUT2D eigenvalue weighted by Gasteiger charge is 2.08. The first kappa shape index (κ1) is 11.8. The maximum absolute atomic E-state index is 3.99. The van der Waals surface area contributed by atoms with Crippen LogP contribution in [0, 0.1) is 0 Å². The Morgan fingerprint density at radius 3 is 2.75 bits per heavy atom. The van der Waals surface area contributed by atoms with Crippen molar-refractivity contribution in [2.45, 2.75) is 6.54 Å². The van der Waals surface area contributed by atoms with Gasteiger partial charge < -0.3 is 10.2 Å². The molecule has 1 aliphatic rings. The van der Waals surface area contributed by atoms with Crippen molar-refractivity contribution in [3.63, 3.8) is 0 Å². The molecular weight excluding hydrogens is 220 g/mol. The summed E-state index contributed by atoms with van der Waals surface area (Å²) in [5, 5.41) is 3.42. The van der Waals surface area contributed by atoms with E-state index in [2.05, 4.69) is 31.9 Å². The van der Waals surface area contributed by atoms with E-state index in [1.807, 2.05) is 12.4 Å². The minimum atomic E-state index is 0.865. The van der Waals surface area contributed by atoms with Crippen LogP contribution >= 0.6 is 11.8 Å². The van der Waals surface area contributed by atoms with E-state index < -0.39 is 0 Å². The van der Waals surface area contributed by atoms with E-state index in [0.717, 1.165) is 25.2 Å². The van der Waals surface area contributed by atoms with E-state index >= 15 is 0 Å². The zero-order valence-corrected chi connectivity index (χ0v) is 10.2. The third-order valence-corrected chi connectivity index (χ3v) is 3.59. The van der Waals surface area contributed by atoms with E-state index in [1.165, 1.54) is 24.6 Å². The van der Waals surface area contributed by atoms with Gasteiger partial charge in [-0.3, -0.25) is 0 Å². The Kier molecular flexibility index (Phi) is 5.05. The summed E-state index contributed by atoms with van der Waals surface area (Å²) in [6.45, 7) is 5.53. The van der Waals surface area contributed by atoms with E-state index in [-0.39, 0.29) is 0 Å². The Hall–Kier alpha value is -0.650. The van der Waals surface area contributed by atoms with Crippen LogP contribution in [-0.2, 0) is 6.54 Å². The second kappa shape index (κ2) is 6.83. The maximum Gasteiger partial charge on any atom is 0.115 e. The number of thioether (sulfide) groups is 1. The summed E-state index contributed by atoms with van der Waals surface area (Å²) in [6.07, 6.45) is 5.28. The highest BCUT2D eigenvalue weighted by Crippen LogP contribution is 2.07. The molecule has 2 heterocycles. The van der Waals surface area contributed by atoms with Gasteiger partial charge >= 0.3 is 0 Å². The zero-order valence-electron chi connectivity index (χ0n) is 9.43. The van der Waals surface area contributed by atoms with Crippen molar-refractivity contribution in [3.05, 3.63) is 24.3 Å². The number of hydrogen-bond acceptors (Lipinski definition) is 5. The molecule has 0 atom stereocenters. The molecular formula is C11H18N4S. The number of aromatic nitrogens is 2. The molecule has 1 aliphatic heterocycles. The fraction of sp³-hybridized carbons (Fsp3) is 0.636. The fourth-order valence-corrected chi connectivity index (χ4v) is 2.69. The molecule has 1 aromatic heterocycles. The summed E-state index contributed by atoms with van der Waals surface area (Å²) in [5.41, 5.74) is 1.15. The van der Waals surface area contributed by atoms with Gasteiger partial charge in [-0.15, -0.1) is 0 Å². The van der Waals surface area contributed by atoms with Crippen LogP contribution in [0.25, 0.3) is 0 Å². The van der Waals surface area contributed by atoms with Crippen LogP contribution < -0.4 is 5.32 Å². The Morgan fingerprint density at radius 2 is 2.00 bits per heavy atom. The molecule has 88 valence electrons. The molecule has 2 rings (SSSR count). The SMILES string of the molecule is c1ncc(CNCCN2CCSCC2)cn1. The quantitative estimate of drug-likeness (QED) is 0.761. The Labute approximate surface area is 101 Å². The molecule has 1 saturated heterocycles. The summed E-state index contributed by atoms with van der Waals surface area (Å²) >= 11 is 2.06. The third kappa shape index (κ3) is 4.08. The zero-order chi connectivity index (χ0) is 11.1. The Bertz CT molecular complexity index is 287. The lowest BCUT2D eigenvalue weighted by atomic mass is 10.3. The topological polar surface area (TPSA) is 41.1 Å². The monoisotopic (exact) mass is 238 g/mol. The molecule has 16 heavy (non-hydrogen) atoms. The van der Waals surface area contributed by atoms with E-state index in [1.54, 1.807) is 6.33 Å². The van der Waals surface area contributed by atoms with Crippen LogP contribution in [0.1, 0.15) is 5.56 Å². The van der Waals surface area contributed by atoms with Crippen molar-refractivity contribution in [3.8, 4) is 0 Å². The second-order valence-corrected chi connectivity index (χ2v) is 5.10. The van der Waals surface area contributed by atoms with E-state index in [4.69, 9.17) is 0 Å². The molecule has 0 aromatic carbocycles. The molecule has 0 amide bonds. The first-order valence-electron chi connectivity index (χ1n) is 5.70. The minimum absolute atomic E-state index is 0.865. The lowest BCUT2D eigenvalue weighted by Gasteiger charge is -2.26. The average molecular weight is 238 g/mol. The fourth-order valence-electron chi connectivity index (χ4n) is 1.72. The number of rotatable bonds is 5. The molecule has 1 aromatic rings. The van der Waals surface area contributed by atoms with Gasteiger partial charge in [0, 0.05) is 62.2 Å². The number of hydrogen-bond donors (Lipinski definition) is 1. The third-order valence-electron chi connectivity index (χ3n) is 2.65. The van der Waals surface area contributed by atoms with Crippen LogP contribution in [0.3, 0.4) is 0 Å². The molecule has 0 spiro atoms. The Morgan fingerprint density at radius 1 is 1.25 bits per heavy atom. The molecule has 0 aliphatic carbocycles. The summed E-state index contributed by atoms with van der Waals surface area (Å²) < 4.78 is 0. The number of nitrogens with one attached hydrogen (secondary N) is 1. The highest BCUT2D eigenvalue weighted by atomic mass is 32.2. The van der Waals surface area contributed by atoms with Gasteiger partial charge in [0.15, 0.2) is 0 Å². The molecule has 0 unspecified atom stereocenters. The van der Waals surface area contributed by atoms with Crippen molar-refractivity contribution in [2.24, 2.45) is 0 Å². The molecule has 5 heteroatoms. The molecule has 1 fully saturated rings. The second-order valence-electron chi connectivity index (χ2n) is 3.88. The number of nitrogens with zero attached hydrogens (tertiary/aromatic N) is 3. The smallest absolute Gasteiger partial charge is 0.115 e.